The predicted molar refractivity (Wildman–Crippen MR) is 242 cm³/mol. The third-order valence-corrected chi connectivity index (χ3v) is 15.4. The molecule has 0 N–H and O–H groups in total. The van der Waals surface area contributed by atoms with E-state index in [2.05, 4.69) is 179 Å². The molecule has 4 heteroatoms. The van der Waals surface area contributed by atoms with E-state index in [0.29, 0.717) is 5.92 Å². The molecule has 284 valence electrons. The molecule has 10 rings (SSSR count). The van der Waals surface area contributed by atoms with Crippen molar-refractivity contribution in [2.24, 2.45) is 5.92 Å². The van der Waals surface area contributed by atoms with Crippen molar-refractivity contribution < 1.29 is 4.74 Å². The standard InChI is InChI=1S/C52H54N2OS/c1-10-34-23-25-42-46(37(34)11-2)44-28-24-36(56(7,8)9)30-53(44)52(6)48(49(42)52)32(4)39-26-27-41-40-20-13-15-22-45(40)55-51(41)47(39)50-33(5)38-19-12-14-21-43(38)54(50)35-18-16-17-31(3)29-35/h10,12-28,30-32,40,44-45H,1,11,29H2,2-9H3. The summed E-state index contributed by atoms with van der Waals surface area (Å²) in [5, 5.41) is 1.30. The number of aromatic nitrogens is 1. The summed E-state index contributed by atoms with van der Waals surface area (Å²) in [5.41, 5.74) is 17.4. The smallest absolute Gasteiger partial charge is 0.133 e. The summed E-state index contributed by atoms with van der Waals surface area (Å²) in [6, 6.07) is 18.7. The minimum atomic E-state index is -0.944. The number of hydrogen-bond acceptors (Lipinski definition) is 2. The molecule has 56 heavy (non-hydrogen) atoms. The molecule has 0 bridgehead atoms. The van der Waals surface area contributed by atoms with E-state index in [4.69, 9.17) is 4.74 Å². The summed E-state index contributed by atoms with van der Waals surface area (Å²) in [7, 11) is -0.944. The predicted octanol–water partition coefficient (Wildman–Crippen LogP) is 13.0. The average molecular weight is 755 g/mol. The molecule has 3 nitrogen and oxygen atoms in total. The normalized spacial score (nSPS) is 26.2. The van der Waals surface area contributed by atoms with Gasteiger partial charge in [-0.2, -0.15) is 0 Å². The summed E-state index contributed by atoms with van der Waals surface area (Å²) in [6.45, 7) is 16.2. The van der Waals surface area contributed by atoms with Gasteiger partial charge in [0, 0.05) is 45.2 Å². The Morgan fingerprint density at radius 1 is 1.00 bits per heavy atom. The number of benzene rings is 3. The van der Waals surface area contributed by atoms with Gasteiger partial charge >= 0.3 is 0 Å². The quantitative estimate of drug-likeness (QED) is 0.187. The van der Waals surface area contributed by atoms with Crippen LogP contribution >= 0.6 is 10.0 Å². The highest BCUT2D eigenvalue weighted by Gasteiger charge is 2.61. The van der Waals surface area contributed by atoms with Crippen molar-refractivity contribution >= 4 is 38.3 Å². The van der Waals surface area contributed by atoms with Gasteiger partial charge in [0.05, 0.1) is 22.8 Å². The van der Waals surface area contributed by atoms with Crippen LogP contribution in [-0.4, -0.2) is 39.9 Å². The lowest BCUT2D eigenvalue weighted by Crippen LogP contribution is -2.42. The second-order valence-corrected chi connectivity index (χ2v) is 21.8. The number of aryl methyl sites for hydroxylation is 1. The molecule has 6 aliphatic rings. The van der Waals surface area contributed by atoms with E-state index in [1.165, 1.54) is 82.9 Å². The van der Waals surface area contributed by atoms with Crippen molar-refractivity contribution in [1.82, 2.24) is 9.47 Å². The Labute approximate surface area is 335 Å². The minimum Gasteiger partial charge on any atom is -0.484 e. The number of ether oxygens (including phenoxy) is 1. The Morgan fingerprint density at radius 3 is 2.57 bits per heavy atom. The molecular formula is C52H54N2OS. The van der Waals surface area contributed by atoms with Gasteiger partial charge in [0.25, 0.3) is 0 Å². The molecule has 0 saturated heterocycles. The average Bonchev–Trinajstić information content (AvgIpc) is 3.51. The van der Waals surface area contributed by atoms with Gasteiger partial charge in [-0.05, 0) is 114 Å². The molecule has 0 fully saturated rings. The summed E-state index contributed by atoms with van der Waals surface area (Å²) >= 11 is 0. The lowest BCUT2D eigenvalue weighted by Gasteiger charge is -2.46. The Balaban J connectivity index is 1.23. The van der Waals surface area contributed by atoms with Crippen LogP contribution in [0.2, 0.25) is 0 Å². The summed E-state index contributed by atoms with van der Waals surface area (Å²) in [5.74, 6) is 1.86. The van der Waals surface area contributed by atoms with E-state index >= 15 is 0 Å². The first-order chi connectivity index (χ1) is 27.0. The fourth-order valence-electron chi connectivity index (χ4n) is 10.9. The van der Waals surface area contributed by atoms with Crippen LogP contribution in [0.5, 0.6) is 5.75 Å². The number of hydrogen-bond donors (Lipinski definition) is 0. The highest BCUT2D eigenvalue weighted by Crippen LogP contribution is 2.68. The zero-order valence-electron chi connectivity index (χ0n) is 34.2. The lowest BCUT2D eigenvalue weighted by atomic mass is 9.81. The van der Waals surface area contributed by atoms with Gasteiger partial charge < -0.3 is 14.2 Å². The summed E-state index contributed by atoms with van der Waals surface area (Å²) in [6.07, 6.45) is 34.5. The van der Waals surface area contributed by atoms with Crippen LogP contribution < -0.4 is 4.74 Å². The SMILES string of the molecule is C=Cc1ccc2c(c1CC)C1C=CC(S(C)(C)C)=CN1C1(C)C2=C1C(C)c1ccc2c(c1-c1c(C)c3ccccc3n1C1=CC=CC(C)C1)OC1C=CC=CC21. The van der Waals surface area contributed by atoms with Crippen molar-refractivity contribution in [2.75, 3.05) is 18.8 Å². The van der Waals surface area contributed by atoms with E-state index in [1.807, 2.05) is 6.08 Å². The van der Waals surface area contributed by atoms with Gasteiger partial charge in [-0.1, -0.05) is 118 Å². The van der Waals surface area contributed by atoms with Gasteiger partial charge in [0.15, 0.2) is 0 Å². The summed E-state index contributed by atoms with van der Waals surface area (Å²) < 4.78 is 9.74. The van der Waals surface area contributed by atoms with Crippen LogP contribution in [0.3, 0.4) is 0 Å². The fraction of sp³-hybridized carbons (Fsp3) is 0.308. The molecule has 6 atom stereocenters. The number of fused-ring (bicyclic) bond motifs is 10. The van der Waals surface area contributed by atoms with Crippen LogP contribution in [0.4, 0.5) is 0 Å². The lowest BCUT2D eigenvalue weighted by molar-refractivity contribution is 0.237. The molecule has 4 aromatic rings. The monoisotopic (exact) mass is 754 g/mol. The maximum atomic E-state index is 7.16. The van der Waals surface area contributed by atoms with E-state index in [9.17, 15) is 0 Å². The maximum absolute atomic E-state index is 7.16. The van der Waals surface area contributed by atoms with Gasteiger partial charge in [0.1, 0.15) is 11.9 Å². The number of para-hydroxylation sites is 1. The summed E-state index contributed by atoms with van der Waals surface area (Å²) in [4.78, 5) is 4.18. The molecule has 0 saturated carbocycles. The first-order valence-corrected chi connectivity index (χ1v) is 23.4. The molecule has 6 unspecified atom stereocenters. The molecule has 0 radical (unpaired) electrons. The Kier molecular flexibility index (Phi) is 7.94. The van der Waals surface area contributed by atoms with Gasteiger partial charge in [0.2, 0.25) is 0 Å². The van der Waals surface area contributed by atoms with E-state index < -0.39 is 10.0 Å². The number of allylic oxidation sites excluding steroid dienone is 7. The van der Waals surface area contributed by atoms with Crippen LogP contribution in [-0.2, 0) is 6.42 Å². The molecule has 0 amide bonds. The largest absolute Gasteiger partial charge is 0.484 e. The van der Waals surface area contributed by atoms with E-state index in [-0.39, 0.29) is 29.5 Å². The topological polar surface area (TPSA) is 17.4 Å². The van der Waals surface area contributed by atoms with Gasteiger partial charge in [-0.15, -0.1) is 0 Å². The Hall–Kier alpha value is -4.93. The van der Waals surface area contributed by atoms with Crippen molar-refractivity contribution in [1.29, 1.82) is 0 Å². The third-order valence-electron chi connectivity index (χ3n) is 13.7. The molecule has 3 aromatic carbocycles. The van der Waals surface area contributed by atoms with Crippen LogP contribution in [0.1, 0.15) is 90.9 Å². The van der Waals surface area contributed by atoms with Crippen molar-refractivity contribution in [3.63, 3.8) is 0 Å². The highest BCUT2D eigenvalue weighted by molar-refractivity contribution is 8.35. The van der Waals surface area contributed by atoms with E-state index in [1.54, 1.807) is 0 Å². The second kappa shape index (κ2) is 12.5. The van der Waals surface area contributed by atoms with Crippen LogP contribution in [0, 0.1) is 12.8 Å². The fourth-order valence-corrected chi connectivity index (χ4v) is 11.9. The van der Waals surface area contributed by atoms with Crippen LogP contribution in [0.25, 0.3) is 39.5 Å². The zero-order chi connectivity index (χ0) is 38.8. The maximum Gasteiger partial charge on any atom is 0.133 e. The Bertz CT molecular complexity index is 2610. The Morgan fingerprint density at radius 2 is 1.80 bits per heavy atom. The molecule has 4 heterocycles. The van der Waals surface area contributed by atoms with Gasteiger partial charge in [-0.25, -0.2) is 10.0 Å². The number of rotatable bonds is 7. The first kappa shape index (κ1) is 35.5. The third kappa shape index (κ3) is 4.90. The zero-order valence-corrected chi connectivity index (χ0v) is 35.0. The van der Waals surface area contributed by atoms with Crippen molar-refractivity contribution in [2.45, 2.75) is 77.0 Å². The molecule has 3 aliphatic heterocycles. The highest BCUT2D eigenvalue weighted by atomic mass is 32.3. The second-order valence-electron chi connectivity index (χ2n) is 17.7. The molecular weight excluding hydrogens is 701 g/mol. The van der Waals surface area contributed by atoms with Crippen molar-refractivity contribution in [3.8, 4) is 17.0 Å². The molecule has 3 aliphatic carbocycles. The van der Waals surface area contributed by atoms with Crippen LogP contribution in [0.15, 0.2) is 126 Å². The molecule has 0 spiro atoms. The number of nitrogens with zero attached hydrogens (tertiary/aromatic N) is 2. The van der Waals surface area contributed by atoms with Gasteiger partial charge in [-0.3, -0.25) is 0 Å². The molecule has 1 aromatic heterocycles. The van der Waals surface area contributed by atoms with Crippen molar-refractivity contribution in [3.05, 3.63) is 165 Å². The minimum absolute atomic E-state index is 0.0000858. The van der Waals surface area contributed by atoms with E-state index in [0.717, 1.165) is 18.6 Å². The first-order valence-electron chi connectivity index (χ1n) is 20.5.